The Bertz CT molecular complexity index is 558. The normalized spacial score (nSPS) is 26.0. The lowest BCUT2D eigenvalue weighted by Gasteiger charge is -2.20. The van der Waals surface area contributed by atoms with Gasteiger partial charge in [-0.3, -0.25) is 9.59 Å². The van der Waals surface area contributed by atoms with Crippen LogP contribution in [0, 0.1) is 21.3 Å². The lowest BCUT2D eigenvalue weighted by molar-refractivity contribution is -0.148. The second-order valence-electron chi connectivity index (χ2n) is 6.35. The van der Waals surface area contributed by atoms with Crippen molar-refractivity contribution in [2.45, 2.75) is 32.1 Å². The molecule has 5 heteroatoms. The van der Waals surface area contributed by atoms with Crippen LogP contribution in [0.15, 0.2) is 24.3 Å². The van der Waals surface area contributed by atoms with Crippen LogP contribution in [0.4, 0.5) is 5.69 Å². The monoisotopic (exact) mass is 413 g/mol. The number of hydrogen-bond acceptors (Lipinski definition) is 3. The van der Waals surface area contributed by atoms with E-state index in [2.05, 4.69) is 27.9 Å². The minimum Gasteiger partial charge on any atom is -0.456 e. The van der Waals surface area contributed by atoms with Gasteiger partial charge in [0.05, 0.1) is 0 Å². The molecule has 4 nitrogen and oxygen atoms in total. The number of rotatable bonds is 5. The van der Waals surface area contributed by atoms with Gasteiger partial charge in [0.1, 0.15) is 0 Å². The molecule has 1 N–H and O–H groups in total. The number of halogens is 1. The first kappa shape index (κ1) is 15.8. The minimum atomic E-state index is -0.289. The van der Waals surface area contributed by atoms with Crippen LogP contribution in [0.5, 0.6) is 0 Å². The fourth-order valence-electron chi connectivity index (χ4n) is 3.78. The summed E-state index contributed by atoms with van der Waals surface area (Å²) in [6.45, 7) is -0.203. The highest BCUT2D eigenvalue weighted by Crippen LogP contribution is 2.49. The molecule has 0 aliphatic heterocycles. The van der Waals surface area contributed by atoms with E-state index in [0.717, 1.165) is 21.6 Å². The molecule has 1 aromatic rings. The summed E-state index contributed by atoms with van der Waals surface area (Å²) in [5.74, 6) is 1.48. The van der Waals surface area contributed by atoms with Gasteiger partial charge in [0.2, 0.25) is 0 Å². The molecule has 2 bridgehead atoms. The van der Waals surface area contributed by atoms with Gasteiger partial charge in [0.15, 0.2) is 6.61 Å². The van der Waals surface area contributed by atoms with E-state index in [-0.39, 0.29) is 18.5 Å². The van der Waals surface area contributed by atoms with Crippen molar-refractivity contribution in [2.75, 3.05) is 11.9 Å². The van der Waals surface area contributed by atoms with Crippen LogP contribution in [-0.2, 0) is 14.3 Å². The predicted octanol–water partition coefficient (Wildman–Crippen LogP) is 3.60. The molecule has 1 aromatic carbocycles. The first-order chi connectivity index (χ1) is 10.6. The number of esters is 1. The van der Waals surface area contributed by atoms with E-state index in [1.54, 1.807) is 0 Å². The summed E-state index contributed by atoms with van der Waals surface area (Å²) in [4.78, 5) is 23.7. The largest absolute Gasteiger partial charge is 0.456 e. The maximum Gasteiger partial charge on any atom is 0.306 e. The summed E-state index contributed by atoms with van der Waals surface area (Å²) >= 11 is 2.20. The summed E-state index contributed by atoms with van der Waals surface area (Å²) in [6, 6.07) is 7.49. The van der Waals surface area contributed by atoms with Crippen molar-refractivity contribution in [3.8, 4) is 0 Å². The molecule has 0 heterocycles. The Hall–Kier alpha value is -1.11. The topological polar surface area (TPSA) is 55.4 Å². The molecule has 3 atom stereocenters. The average molecular weight is 413 g/mol. The van der Waals surface area contributed by atoms with E-state index in [4.69, 9.17) is 4.74 Å². The molecule has 2 aliphatic rings. The Morgan fingerprint density at radius 3 is 2.59 bits per heavy atom. The number of ether oxygens (including phenoxy) is 1. The summed E-state index contributed by atoms with van der Waals surface area (Å²) < 4.78 is 6.22. The second-order valence-corrected chi connectivity index (χ2v) is 7.60. The molecular weight excluding hydrogens is 393 g/mol. The third-order valence-corrected chi connectivity index (χ3v) is 5.52. The maximum atomic E-state index is 11.9. The zero-order valence-electron chi connectivity index (χ0n) is 12.4. The molecule has 118 valence electrons. The number of hydrogen-bond donors (Lipinski definition) is 1. The van der Waals surface area contributed by atoms with Gasteiger partial charge in [-0.1, -0.05) is 6.42 Å². The van der Waals surface area contributed by atoms with Gasteiger partial charge in [-0.15, -0.1) is 0 Å². The molecule has 2 fully saturated rings. The molecule has 0 saturated heterocycles. The van der Waals surface area contributed by atoms with Crippen LogP contribution in [0.25, 0.3) is 0 Å². The Balaban J connectivity index is 1.39. The van der Waals surface area contributed by atoms with Crippen molar-refractivity contribution in [1.82, 2.24) is 0 Å². The lowest BCUT2D eigenvalue weighted by Crippen LogP contribution is -2.23. The van der Waals surface area contributed by atoms with Crippen LogP contribution in [-0.4, -0.2) is 18.5 Å². The van der Waals surface area contributed by atoms with E-state index in [1.165, 1.54) is 19.3 Å². The molecule has 2 saturated carbocycles. The molecule has 0 radical (unpaired) electrons. The Morgan fingerprint density at radius 1 is 1.18 bits per heavy atom. The number of anilines is 1. The fraction of sp³-hybridized carbons (Fsp3) is 0.529. The molecule has 0 unspecified atom stereocenters. The van der Waals surface area contributed by atoms with Crippen molar-refractivity contribution in [2.24, 2.45) is 17.8 Å². The lowest BCUT2D eigenvalue weighted by atomic mass is 9.86. The Labute approximate surface area is 144 Å². The molecular formula is C17H20INO3. The van der Waals surface area contributed by atoms with Gasteiger partial charge in [0, 0.05) is 15.7 Å². The average Bonchev–Trinajstić information content (AvgIpc) is 3.10. The van der Waals surface area contributed by atoms with Gasteiger partial charge < -0.3 is 10.1 Å². The van der Waals surface area contributed by atoms with Crippen molar-refractivity contribution in [3.05, 3.63) is 27.8 Å². The Morgan fingerprint density at radius 2 is 1.95 bits per heavy atom. The SMILES string of the molecule is O=C(COC(=O)C[C@H]1C[C@@H]2CC[C@@H]1C2)Nc1ccc(I)cc1. The quantitative estimate of drug-likeness (QED) is 0.593. The van der Waals surface area contributed by atoms with Crippen molar-refractivity contribution in [1.29, 1.82) is 0 Å². The third-order valence-electron chi connectivity index (χ3n) is 4.81. The van der Waals surface area contributed by atoms with Crippen molar-refractivity contribution >= 4 is 40.2 Å². The highest BCUT2D eigenvalue weighted by Gasteiger charge is 2.40. The smallest absolute Gasteiger partial charge is 0.306 e. The number of carbonyl (C=O) groups excluding carboxylic acids is 2. The van der Waals surface area contributed by atoms with Crippen LogP contribution < -0.4 is 5.32 Å². The van der Waals surface area contributed by atoms with E-state index < -0.39 is 0 Å². The maximum absolute atomic E-state index is 11.9. The summed E-state index contributed by atoms with van der Waals surface area (Å²) in [7, 11) is 0. The molecule has 22 heavy (non-hydrogen) atoms. The number of benzene rings is 1. The summed E-state index contributed by atoms with van der Waals surface area (Å²) in [6.07, 6.45) is 5.50. The number of carbonyl (C=O) groups is 2. The standard InChI is InChI=1S/C17H20INO3/c18-14-3-5-15(6-4-14)19-16(20)10-22-17(21)9-13-8-11-1-2-12(13)7-11/h3-6,11-13H,1-2,7-10H2,(H,19,20)/t11-,12-,13-/m1/s1. The van der Waals surface area contributed by atoms with Gasteiger partial charge in [-0.25, -0.2) is 0 Å². The molecule has 0 spiro atoms. The molecule has 0 aromatic heterocycles. The van der Waals surface area contributed by atoms with Gasteiger partial charge in [0.25, 0.3) is 5.91 Å². The van der Waals surface area contributed by atoms with Crippen LogP contribution >= 0.6 is 22.6 Å². The third kappa shape index (κ3) is 4.00. The van der Waals surface area contributed by atoms with Crippen LogP contribution in [0.2, 0.25) is 0 Å². The zero-order chi connectivity index (χ0) is 15.5. The van der Waals surface area contributed by atoms with Crippen molar-refractivity contribution in [3.63, 3.8) is 0 Å². The second kappa shape index (κ2) is 6.98. The molecule has 1 amide bonds. The van der Waals surface area contributed by atoms with E-state index in [1.807, 2.05) is 24.3 Å². The molecule has 2 aliphatic carbocycles. The van der Waals surface area contributed by atoms with Gasteiger partial charge in [-0.05, 0) is 83.9 Å². The van der Waals surface area contributed by atoms with E-state index >= 15 is 0 Å². The highest BCUT2D eigenvalue weighted by molar-refractivity contribution is 14.1. The van der Waals surface area contributed by atoms with Crippen molar-refractivity contribution < 1.29 is 14.3 Å². The van der Waals surface area contributed by atoms with Gasteiger partial charge >= 0.3 is 5.97 Å². The molecule has 3 rings (SSSR count). The highest BCUT2D eigenvalue weighted by atomic mass is 127. The van der Waals surface area contributed by atoms with E-state index in [0.29, 0.717) is 18.3 Å². The first-order valence-corrected chi connectivity index (χ1v) is 8.89. The fourth-order valence-corrected chi connectivity index (χ4v) is 4.14. The van der Waals surface area contributed by atoms with E-state index in [9.17, 15) is 9.59 Å². The Kier molecular flexibility index (Phi) is 5.00. The number of nitrogens with one attached hydrogen (secondary N) is 1. The minimum absolute atomic E-state index is 0.203. The summed E-state index contributed by atoms with van der Waals surface area (Å²) in [5.41, 5.74) is 0.717. The first-order valence-electron chi connectivity index (χ1n) is 7.81. The summed E-state index contributed by atoms with van der Waals surface area (Å²) in [5, 5.41) is 2.73. The predicted molar refractivity (Wildman–Crippen MR) is 92.3 cm³/mol. The number of amides is 1. The van der Waals surface area contributed by atoms with Crippen LogP contribution in [0.3, 0.4) is 0 Å². The number of fused-ring (bicyclic) bond motifs is 2. The van der Waals surface area contributed by atoms with Crippen LogP contribution in [0.1, 0.15) is 32.1 Å². The zero-order valence-corrected chi connectivity index (χ0v) is 14.5. The van der Waals surface area contributed by atoms with Gasteiger partial charge in [-0.2, -0.15) is 0 Å².